The zero-order valence-corrected chi connectivity index (χ0v) is 12.3. The first kappa shape index (κ1) is 15.0. The largest absolute Gasteiger partial charge is 0.460 e. The zero-order chi connectivity index (χ0) is 15.1. The summed E-state index contributed by atoms with van der Waals surface area (Å²) in [5.74, 6) is -0.342. The molecule has 0 spiro atoms. The minimum atomic E-state index is -0.342. The molecule has 0 unspecified atom stereocenters. The highest BCUT2D eigenvalue weighted by atomic mass is 32.1. The second-order valence-corrected chi connectivity index (χ2v) is 4.80. The fourth-order valence-corrected chi connectivity index (χ4v) is 1.98. The van der Waals surface area contributed by atoms with Crippen molar-refractivity contribution in [3.8, 4) is 0 Å². The van der Waals surface area contributed by atoms with Crippen LogP contribution in [0.3, 0.4) is 0 Å². The fraction of sp³-hybridized carbons (Fsp3) is 0.125. The molecule has 108 valence electrons. The molecule has 1 aromatic carbocycles. The highest BCUT2D eigenvalue weighted by molar-refractivity contribution is 7.71. The molecule has 0 aliphatic carbocycles. The summed E-state index contributed by atoms with van der Waals surface area (Å²) in [5, 5.41) is 2.92. The van der Waals surface area contributed by atoms with Crippen molar-refractivity contribution < 1.29 is 9.53 Å². The number of aromatic amines is 1. The first-order valence-corrected chi connectivity index (χ1v) is 6.88. The van der Waals surface area contributed by atoms with Crippen LogP contribution in [0.2, 0.25) is 0 Å². The van der Waals surface area contributed by atoms with E-state index in [9.17, 15) is 4.79 Å². The summed E-state index contributed by atoms with van der Waals surface area (Å²) in [4.78, 5) is 14.6. The summed E-state index contributed by atoms with van der Waals surface area (Å²) in [6.07, 6.45) is 1.74. The molecular weight excluding hydrogens is 284 g/mol. The predicted octanol–water partition coefficient (Wildman–Crippen LogP) is 3.05. The van der Waals surface area contributed by atoms with E-state index >= 15 is 0 Å². The Balaban J connectivity index is 1.80. The molecule has 0 fully saturated rings. The smallest absolute Gasteiger partial charge is 0.325 e. The van der Waals surface area contributed by atoms with Crippen molar-refractivity contribution in [1.82, 2.24) is 10.3 Å². The van der Waals surface area contributed by atoms with Crippen LogP contribution in [0, 0.1) is 4.64 Å². The van der Waals surface area contributed by atoms with Gasteiger partial charge < -0.3 is 15.0 Å². The number of benzene rings is 1. The Hall–Kier alpha value is -2.40. The van der Waals surface area contributed by atoms with Crippen LogP contribution in [0.4, 0.5) is 0 Å². The number of hydrogen-bond acceptors (Lipinski definition) is 4. The number of rotatable bonds is 6. The van der Waals surface area contributed by atoms with Crippen molar-refractivity contribution in [2.24, 2.45) is 0 Å². The molecule has 2 N–H and O–H groups in total. The monoisotopic (exact) mass is 300 g/mol. The van der Waals surface area contributed by atoms with Gasteiger partial charge in [-0.15, -0.1) is 0 Å². The predicted molar refractivity (Wildman–Crippen MR) is 84.9 cm³/mol. The van der Waals surface area contributed by atoms with Crippen molar-refractivity contribution in [2.75, 3.05) is 6.54 Å². The SMILES string of the molecule is C=C(NCC(=O)OCc1ccccc1)c1ccc[nH]c1=S. The molecule has 5 heteroatoms. The van der Waals surface area contributed by atoms with Crippen LogP contribution in [0.1, 0.15) is 11.1 Å². The third kappa shape index (κ3) is 4.57. The van der Waals surface area contributed by atoms with E-state index in [1.165, 1.54) is 0 Å². The summed E-state index contributed by atoms with van der Waals surface area (Å²) in [7, 11) is 0. The average Bonchev–Trinajstić information content (AvgIpc) is 2.52. The first-order chi connectivity index (χ1) is 10.2. The molecule has 0 aliphatic heterocycles. The van der Waals surface area contributed by atoms with E-state index < -0.39 is 0 Å². The minimum absolute atomic E-state index is 0.0509. The maximum atomic E-state index is 11.7. The number of hydrogen-bond donors (Lipinski definition) is 2. The highest BCUT2D eigenvalue weighted by Gasteiger charge is 2.06. The van der Waals surface area contributed by atoms with E-state index in [4.69, 9.17) is 17.0 Å². The Morgan fingerprint density at radius 2 is 2.00 bits per heavy atom. The topological polar surface area (TPSA) is 54.1 Å². The summed E-state index contributed by atoms with van der Waals surface area (Å²) >= 11 is 5.15. The third-order valence-corrected chi connectivity index (χ3v) is 3.17. The molecule has 2 aromatic rings. The molecule has 1 heterocycles. The molecule has 0 saturated heterocycles. The molecule has 0 aliphatic rings. The van der Waals surface area contributed by atoms with Crippen molar-refractivity contribution in [2.45, 2.75) is 6.61 Å². The van der Waals surface area contributed by atoms with Crippen LogP contribution in [-0.4, -0.2) is 17.5 Å². The Morgan fingerprint density at radius 3 is 2.71 bits per heavy atom. The molecule has 0 bridgehead atoms. The Labute approximate surface area is 128 Å². The number of carbonyl (C=O) groups excluding carboxylic acids is 1. The quantitative estimate of drug-likeness (QED) is 0.636. The van der Waals surface area contributed by atoms with Gasteiger partial charge in [0.25, 0.3) is 0 Å². The lowest BCUT2D eigenvalue weighted by atomic mass is 10.2. The standard InChI is InChI=1S/C16H16N2O2S/c1-12(14-8-5-9-17-16(14)21)18-10-15(19)20-11-13-6-3-2-4-7-13/h2-9,18H,1,10-11H2,(H,17,21). The van der Waals surface area contributed by atoms with Crippen molar-refractivity contribution >= 4 is 23.9 Å². The number of nitrogens with one attached hydrogen (secondary N) is 2. The van der Waals surface area contributed by atoms with Gasteiger partial charge in [0.1, 0.15) is 17.8 Å². The molecule has 21 heavy (non-hydrogen) atoms. The first-order valence-electron chi connectivity index (χ1n) is 6.47. The molecular formula is C16H16N2O2S. The second-order valence-electron chi connectivity index (χ2n) is 4.39. The number of ether oxygens (including phenoxy) is 1. The highest BCUT2D eigenvalue weighted by Crippen LogP contribution is 2.09. The molecule has 2 rings (SSSR count). The van der Waals surface area contributed by atoms with Crippen LogP contribution in [0.5, 0.6) is 0 Å². The van der Waals surface area contributed by atoms with Crippen LogP contribution < -0.4 is 5.32 Å². The van der Waals surface area contributed by atoms with Crippen LogP contribution in [0.25, 0.3) is 5.70 Å². The molecule has 0 radical (unpaired) electrons. The van der Waals surface area contributed by atoms with E-state index in [0.29, 0.717) is 10.3 Å². The van der Waals surface area contributed by atoms with Crippen molar-refractivity contribution in [1.29, 1.82) is 0 Å². The van der Waals surface area contributed by atoms with E-state index in [-0.39, 0.29) is 19.1 Å². The van der Waals surface area contributed by atoms with Crippen molar-refractivity contribution in [3.05, 3.63) is 71.0 Å². The lowest BCUT2D eigenvalue weighted by Crippen LogP contribution is -2.23. The van der Waals surface area contributed by atoms with Crippen LogP contribution in [-0.2, 0) is 16.1 Å². The Bertz CT molecular complexity index is 680. The van der Waals surface area contributed by atoms with E-state index in [2.05, 4.69) is 16.9 Å². The zero-order valence-electron chi connectivity index (χ0n) is 11.5. The van der Waals surface area contributed by atoms with Gasteiger partial charge in [-0.2, -0.15) is 0 Å². The van der Waals surface area contributed by atoms with E-state index in [0.717, 1.165) is 11.1 Å². The van der Waals surface area contributed by atoms with Gasteiger partial charge in [0, 0.05) is 17.5 Å². The van der Waals surface area contributed by atoms with Gasteiger partial charge in [0.2, 0.25) is 0 Å². The lowest BCUT2D eigenvalue weighted by Gasteiger charge is -2.10. The molecule has 4 nitrogen and oxygen atoms in total. The number of carbonyl (C=O) groups is 1. The molecule has 0 atom stereocenters. The maximum Gasteiger partial charge on any atom is 0.325 e. The van der Waals surface area contributed by atoms with Gasteiger partial charge in [-0.1, -0.05) is 49.1 Å². The average molecular weight is 300 g/mol. The van der Waals surface area contributed by atoms with Gasteiger partial charge in [-0.3, -0.25) is 4.79 Å². The summed E-state index contributed by atoms with van der Waals surface area (Å²) in [5.41, 5.74) is 2.31. The van der Waals surface area contributed by atoms with Crippen molar-refractivity contribution in [3.63, 3.8) is 0 Å². The van der Waals surface area contributed by atoms with Gasteiger partial charge >= 0.3 is 5.97 Å². The van der Waals surface area contributed by atoms with Crippen LogP contribution >= 0.6 is 12.2 Å². The van der Waals surface area contributed by atoms with Gasteiger partial charge in [-0.25, -0.2) is 0 Å². The van der Waals surface area contributed by atoms with Gasteiger partial charge in [0.15, 0.2) is 0 Å². The normalized spacial score (nSPS) is 9.90. The second kappa shape index (κ2) is 7.40. The molecule has 1 aromatic heterocycles. The van der Waals surface area contributed by atoms with Gasteiger partial charge in [-0.05, 0) is 17.7 Å². The number of pyridine rings is 1. The fourth-order valence-electron chi connectivity index (χ4n) is 1.72. The Kier molecular flexibility index (Phi) is 5.29. The molecule has 0 amide bonds. The van der Waals surface area contributed by atoms with E-state index in [1.54, 1.807) is 6.20 Å². The summed E-state index contributed by atoms with van der Waals surface area (Å²) < 4.78 is 5.74. The number of esters is 1. The molecule has 0 saturated carbocycles. The summed E-state index contributed by atoms with van der Waals surface area (Å²) in [6, 6.07) is 13.2. The maximum absolute atomic E-state index is 11.7. The minimum Gasteiger partial charge on any atom is -0.460 e. The third-order valence-electron chi connectivity index (χ3n) is 2.83. The lowest BCUT2D eigenvalue weighted by molar-refractivity contribution is -0.143. The number of aromatic nitrogens is 1. The van der Waals surface area contributed by atoms with Gasteiger partial charge in [0.05, 0.1) is 0 Å². The summed E-state index contributed by atoms with van der Waals surface area (Å²) in [6.45, 7) is 4.18. The van der Waals surface area contributed by atoms with E-state index in [1.807, 2.05) is 42.5 Å². The van der Waals surface area contributed by atoms with Crippen LogP contribution in [0.15, 0.2) is 55.2 Å². The Morgan fingerprint density at radius 1 is 1.24 bits per heavy atom. The number of H-pyrrole nitrogens is 1.